The molecule has 27 heavy (non-hydrogen) atoms. The monoisotopic (exact) mass is 425 g/mol. The average Bonchev–Trinajstić information content (AvgIpc) is 2.56. The lowest BCUT2D eigenvalue weighted by molar-refractivity contribution is 0.134. The van der Waals surface area contributed by atoms with Gasteiger partial charge < -0.3 is 19.3 Å². The molecule has 0 bridgehead atoms. The second-order valence-corrected chi connectivity index (χ2v) is 8.99. The van der Waals surface area contributed by atoms with E-state index in [4.69, 9.17) is 9.84 Å². The first-order valence-electron chi connectivity index (χ1n) is 8.36. The first-order valence-corrected chi connectivity index (χ1v) is 11.7. The first kappa shape index (κ1) is 25.9. The maximum absolute atomic E-state index is 10.6. The summed E-state index contributed by atoms with van der Waals surface area (Å²) in [6.45, 7) is 4.89. The summed E-state index contributed by atoms with van der Waals surface area (Å²) < 4.78 is 60.5. The predicted octanol–water partition coefficient (Wildman–Crippen LogP) is -0.0230. The standard InChI is InChI=1S/C9H12O4S.C7H18N2O3S/c1-2-13-7-8-3-5-9(6-4-8)14(10,11)12;1-9(6-7-10)5-3-4-8-13(2,11)12/h3-6H,2,7H2,1H3,(H,10,11,12);8,10H,3-7H2,1-2H3/p-1. The van der Waals surface area contributed by atoms with Gasteiger partial charge in [-0.15, -0.1) is 0 Å². The molecule has 0 saturated carbocycles. The average molecular weight is 426 g/mol. The molecule has 0 aromatic heterocycles. The summed E-state index contributed by atoms with van der Waals surface area (Å²) >= 11 is 0. The fourth-order valence-electron chi connectivity index (χ4n) is 1.86. The first-order chi connectivity index (χ1) is 12.5. The fourth-order valence-corrected chi connectivity index (χ4v) is 2.85. The van der Waals surface area contributed by atoms with Crippen LogP contribution in [0.4, 0.5) is 0 Å². The van der Waals surface area contributed by atoms with E-state index in [1.165, 1.54) is 12.1 Å². The van der Waals surface area contributed by atoms with Crippen molar-refractivity contribution in [1.29, 1.82) is 0 Å². The Morgan fingerprint density at radius 1 is 1.15 bits per heavy atom. The van der Waals surface area contributed by atoms with E-state index >= 15 is 0 Å². The Balaban J connectivity index is 0.000000503. The minimum Gasteiger partial charge on any atom is -0.744 e. The number of aliphatic hydroxyl groups excluding tert-OH is 1. The molecule has 0 unspecified atom stereocenters. The molecular formula is C16H29N2O7S2-. The zero-order chi connectivity index (χ0) is 20.9. The normalized spacial score (nSPS) is 11.9. The van der Waals surface area contributed by atoms with E-state index < -0.39 is 20.1 Å². The van der Waals surface area contributed by atoms with E-state index in [2.05, 4.69) is 4.72 Å². The van der Waals surface area contributed by atoms with Gasteiger partial charge in [0.05, 0.1) is 24.4 Å². The molecule has 0 aliphatic heterocycles. The van der Waals surface area contributed by atoms with Crippen molar-refractivity contribution in [2.24, 2.45) is 0 Å². The lowest BCUT2D eigenvalue weighted by atomic mass is 10.2. The topological polar surface area (TPSA) is 136 Å². The van der Waals surface area contributed by atoms with Gasteiger partial charge in [0.25, 0.3) is 0 Å². The summed E-state index contributed by atoms with van der Waals surface area (Å²) in [5, 5.41) is 8.57. The van der Waals surface area contributed by atoms with Crippen LogP contribution < -0.4 is 4.72 Å². The molecule has 158 valence electrons. The number of aliphatic hydroxyl groups is 1. The number of ether oxygens (including phenoxy) is 1. The van der Waals surface area contributed by atoms with E-state index in [0.29, 0.717) is 26.3 Å². The molecule has 0 radical (unpaired) electrons. The number of nitrogens with one attached hydrogen (secondary N) is 1. The lowest BCUT2D eigenvalue weighted by Crippen LogP contribution is -2.28. The Bertz CT molecular complexity index is 720. The van der Waals surface area contributed by atoms with Gasteiger partial charge >= 0.3 is 0 Å². The van der Waals surface area contributed by atoms with Crippen LogP contribution in [0.3, 0.4) is 0 Å². The van der Waals surface area contributed by atoms with Gasteiger partial charge in [0.15, 0.2) is 0 Å². The zero-order valence-electron chi connectivity index (χ0n) is 15.9. The van der Waals surface area contributed by atoms with Crippen LogP contribution in [0, 0.1) is 0 Å². The molecule has 2 N–H and O–H groups in total. The van der Waals surface area contributed by atoms with Crippen LogP contribution in [0.25, 0.3) is 0 Å². The van der Waals surface area contributed by atoms with E-state index in [0.717, 1.165) is 24.8 Å². The van der Waals surface area contributed by atoms with Gasteiger partial charge in [-0.3, -0.25) is 0 Å². The maximum Gasteiger partial charge on any atom is 0.208 e. The van der Waals surface area contributed by atoms with Crippen LogP contribution in [-0.2, 0) is 31.5 Å². The maximum atomic E-state index is 10.6. The van der Waals surface area contributed by atoms with Crippen molar-refractivity contribution in [3.05, 3.63) is 29.8 Å². The molecule has 0 saturated heterocycles. The van der Waals surface area contributed by atoms with Gasteiger partial charge in [-0.2, -0.15) is 0 Å². The molecular weight excluding hydrogens is 396 g/mol. The molecule has 1 rings (SSSR count). The van der Waals surface area contributed by atoms with Gasteiger partial charge in [-0.25, -0.2) is 21.6 Å². The third kappa shape index (κ3) is 14.6. The van der Waals surface area contributed by atoms with E-state index in [1.54, 1.807) is 12.1 Å². The molecule has 9 nitrogen and oxygen atoms in total. The van der Waals surface area contributed by atoms with Gasteiger partial charge in [0.1, 0.15) is 10.1 Å². The predicted molar refractivity (Wildman–Crippen MR) is 102 cm³/mol. The number of sulfonamides is 1. The van der Waals surface area contributed by atoms with Crippen LogP contribution in [0.15, 0.2) is 29.2 Å². The molecule has 0 aliphatic carbocycles. The Labute approximate surface area is 162 Å². The smallest absolute Gasteiger partial charge is 0.208 e. The summed E-state index contributed by atoms with van der Waals surface area (Å²) in [4.78, 5) is 1.74. The van der Waals surface area contributed by atoms with Crippen molar-refractivity contribution in [1.82, 2.24) is 9.62 Å². The third-order valence-corrected chi connectivity index (χ3v) is 4.83. The molecule has 0 amide bonds. The number of rotatable bonds is 11. The van der Waals surface area contributed by atoms with Crippen molar-refractivity contribution < 1.29 is 31.2 Å². The van der Waals surface area contributed by atoms with Crippen molar-refractivity contribution >= 4 is 20.1 Å². The quantitative estimate of drug-likeness (QED) is 0.373. The highest BCUT2D eigenvalue weighted by atomic mass is 32.2. The van der Waals surface area contributed by atoms with E-state index in [-0.39, 0.29) is 11.5 Å². The molecule has 1 aromatic carbocycles. The highest BCUT2D eigenvalue weighted by molar-refractivity contribution is 7.88. The highest BCUT2D eigenvalue weighted by Crippen LogP contribution is 2.10. The summed E-state index contributed by atoms with van der Waals surface area (Å²) in [6, 6.07) is 5.72. The van der Waals surface area contributed by atoms with E-state index in [1.807, 2.05) is 18.9 Å². The van der Waals surface area contributed by atoms with Gasteiger partial charge in [0.2, 0.25) is 10.0 Å². The lowest BCUT2D eigenvalue weighted by Gasteiger charge is -2.14. The van der Waals surface area contributed by atoms with E-state index in [9.17, 15) is 21.4 Å². The largest absolute Gasteiger partial charge is 0.744 e. The van der Waals surface area contributed by atoms with Crippen LogP contribution >= 0.6 is 0 Å². The van der Waals surface area contributed by atoms with Crippen LogP contribution in [0.5, 0.6) is 0 Å². The van der Waals surface area contributed by atoms with Crippen LogP contribution in [-0.4, -0.2) is 77.5 Å². The molecule has 0 heterocycles. The highest BCUT2D eigenvalue weighted by Gasteiger charge is 2.01. The number of hydrogen-bond acceptors (Lipinski definition) is 8. The minimum absolute atomic E-state index is 0.135. The number of hydrogen-bond donors (Lipinski definition) is 2. The second kappa shape index (κ2) is 13.2. The Morgan fingerprint density at radius 2 is 1.74 bits per heavy atom. The Kier molecular flexibility index (Phi) is 12.6. The molecule has 0 fully saturated rings. The van der Waals surface area contributed by atoms with Crippen LogP contribution in [0.2, 0.25) is 0 Å². The summed E-state index contributed by atoms with van der Waals surface area (Å²) in [7, 11) is -5.50. The minimum atomic E-state index is -4.33. The van der Waals surface area contributed by atoms with Crippen molar-refractivity contribution in [3.63, 3.8) is 0 Å². The summed E-state index contributed by atoms with van der Waals surface area (Å²) in [6.07, 6.45) is 1.90. The van der Waals surface area contributed by atoms with Crippen LogP contribution in [0.1, 0.15) is 18.9 Å². The SMILES string of the molecule is CCOCc1ccc(S(=O)(=O)[O-])cc1.CN(CCO)CCCNS(C)(=O)=O. The molecule has 11 heteroatoms. The number of benzene rings is 1. The fraction of sp³-hybridized carbons (Fsp3) is 0.625. The Morgan fingerprint density at radius 3 is 2.19 bits per heavy atom. The Hall–Kier alpha value is -1.08. The molecule has 0 spiro atoms. The molecule has 0 aliphatic rings. The summed E-state index contributed by atoms with van der Waals surface area (Å²) in [5.41, 5.74) is 0.847. The second-order valence-electron chi connectivity index (χ2n) is 5.78. The third-order valence-electron chi connectivity index (χ3n) is 3.25. The number of likely N-dealkylation sites (N-methyl/N-ethyl adjacent to an activating group) is 1. The van der Waals surface area contributed by atoms with Gasteiger partial charge in [-0.05, 0) is 44.6 Å². The van der Waals surface area contributed by atoms with Gasteiger partial charge in [0, 0.05) is 19.7 Å². The number of nitrogens with zero attached hydrogens (tertiary/aromatic N) is 1. The zero-order valence-corrected chi connectivity index (χ0v) is 17.6. The molecule has 0 atom stereocenters. The summed E-state index contributed by atoms with van der Waals surface area (Å²) in [5.74, 6) is 0. The van der Waals surface area contributed by atoms with Crippen molar-refractivity contribution in [3.8, 4) is 0 Å². The van der Waals surface area contributed by atoms with Crippen molar-refractivity contribution in [2.75, 3.05) is 46.2 Å². The van der Waals surface area contributed by atoms with Gasteiger partial charge in [-0.1, -0.05) is 12.1 Å². The molecule has 1 aromatic rings. The van der Waals surface area contributed by atoms with Crippen molar-refractivity contribution in [2.45, 2.75) is 24.8 Å².